The molecule has 0 radical (unpaired) electrons. The SMILES string of the molecule is CCOC(=O)C1=C([O-])COC1=O.COC(=O)C1=C([O-])COC1=O.[Na+].[Na+]. The van der Waals surface area contributed by atoms with Crippen LogP contribution < -0.4 is 69.3 Å². The second-order valence-electron chi connectivity index (χ2n) is 3.96. The molecule has 2 aliphatic heterocycles. The number of esters is 4. The molecule has 0 saturated heterocycles. The van der Waals surface area contributed by atoms with Crippen molar-refractivity contribution in [3.8, 4) is 0 Å². The van der Waals surface area contributed by atoms with Gasteiger partial charge in [-0.05, 0) is 6.92 Å². The van der Waals surface area contributed by atoms with Crippen molar-refractivity contribution in [2.75, 3.05) is 26.9 Å². The van der Waals surface area contributed by atoms with Crippen LogP contribution in [0.5, 0.6) is 0 Å². The van der Waals surface area contributed by atoms with E-state index in [0.717, 1.165) is 7.11 Å². The largest absolute Gasteiger partial charge is 1.00 e. The number of carbonyl (C=O) groups is 4. The molecular formula is C13H12Na2O10. The van der Waals surface area contributed by atoms with Crippen LogP contribution in [0.4, 0.5) is 0 Å². The van der Waals surface area contributed by atoms with Gasteiger partial charge in [-0.1, -0.05) is 11.5 Å². The van der Waals surface area contributed by atoms with E-state index < -0.39 is 46.5 Å². The first-order valence-electron chi connectivity index (χ1n) is 6.23. The third kappa shape index (κ3) is 7.00. The van der Waals surface area contributed by atoms with Gasteiger partial charge in [0.2, 0.25) is 0 Å². The quantitative estimate of drug-likeness (QED) is 0.201. The zero-order chi connectivity index (χ0) is 17.6. The third-order valence-electron chi connectivity index (χ3n) is 2.50. The first-order valence-corrected chi connectivity index (χ1v) is 6.23. The summed E-state index contributed by atoms with van der Waals surface area (Å²) in [6.07, 6.45) is 0. The van der Waals surface area contributed by atoms with Gasteiger partial charge in [0.25, 0.3) is 0 Å². The van der Waals surface area contributed by atoms with Crippen molar-refractivity contribution in [3.63, 3.8) is 0 Å². The summed E-state index contributed by atoms with van der Waals surface area (Å²) in [4.78, 5) is 42.9. The van der Waals surface area contributed by atoms with Gasteiger partial charge in [-0.2, -0.15) is 0 Å². The van der Waals surface area contributed by atoms with Gasteiger partial charge in [0, 0.05) is 0 Å². The van der Waals surface area contributed by atoms with Crippen molar-refractivity contribution in [3.05, 3.63) is 22.7 Å². The third-order valence-corrected chi connectivity index (χ3v) is 2.50. The average Bonchev–Trinajstić information content (AvgIpc) is 3.01. The van der Waals surface area contributed by atoms with Gasteiger partial charge in [-0.25, -0.2) is 19.2 Å². The predicted octanol–water partition coefficient (Wildman–Crippen LogP) is -8.94. The zero-order valence-corrected chi connectivity index (χ0v) is 18.2. The number of cyclic esters (lactones) is 2. The van der Waals surface area contributed by atoms with Crippen LogP contribution in [0, 0.1) is 0 Å². The number of hydrogen-bond donors (Lipinski definition) is 0. The van der Waals surface area contributed by atoms with Crippen LogP contribution in [0.3, 0.4) is 0 Å². The van der Waals surface area contributed by atoms with Gasteiger partial charge in [0.05, 0.1) is 13.7 Å². The minimum atomic E-state index is -0.933. The van der Waals surface area contributed by atoms with E-state index in [4.69, 9.17) is 0 Å². The molecule has 0 saturated carbocycles. The van der Waals surface area contributed by atoms with Crippen LogP contribution in [0.1, 0.15) is 6.92 Å². The summed E-state index contributed by atoms with van der Waals surface area (Å²) in [5, 5.41) is 21.5. The van der Waals surface area contributed by atoms with E-state index in [1.807, 2.05) is 0 Å². The Morgan fingerprint density at radius 3 is 1.64 bits per heavy atom. The van der Waals surface area contributed by atoms with Crippen LogP contribution in [0.2, 0.25) is 0 Å². The van der Waals surface area contributed by atoms with Crippen LogP contribution in [0.15, 0.2) is 22.7 Å². The Kier molecular flexibility index (Phi) is 12.9. The maximum Gasteiger partial charge on any atom is 1.00 e. The Labute approximate surface area is 186 Å². The van der Waals surface area contributed by atoms with Crippen molar-refractivity contribution in [2.45, 2.75) is 6.92 Å². The van der Waals surface area contributed by atoms with E-state index in [-0.39, 0.29) is 78.9 Å². The second kappa shape index (κ2) is 12.3. The molecule has 0 fully saturated rings. The van der Waals surface area contributed by atoms with E-state index in [1.54, 1.807) is 6.92 Å². The first-order chi connectivity index (χ1) is 10.8. The monoisotopic (exact) mass is 374 g/mol. The molecule has 0 aromatic heterocycles. The van der Waals surface area contributed by atoms with Crippen molar-refractivity contribution < 1.29 is 107 Å². The normalized spacial score (nSPS) is 15.1. The van der Waals surface area contributed by atoms with E-state index in [2.05, 4.69) is 18.9 Å². The van der Waals surface area contributed by atoms with Crippen molar-refractivity contribution >= 4 is 23.9 Å². The minimum absolute atomic E-state index is 0. The van der Waals surface area contributed by atoms with Crippen LogP contribution in [0.25, 0.3) is 0 Å². The molecule has 12 heteroatoms. The Morgan fingerprint density at radius 1 is 0.960 bits per heavy atom. The van der Waals surface area contributed by atoms with E-state index in [1.165, 1.54) is 0 Å². The molecule has 0 N–H and O–H groups in total. The topological polar surface area (TPSA) is 151 Å². The summed E-state index contributed by atoms with van der Waals surface area (Å²) in [7, 11) is 1.09. The molecule has 0 unspecified atom stereocenters. The predicted molar refractivity (Wildman–Crippen MR) is 64.6 cm³/mol. The maximum atomic E-state index is 10.9. The van der Waals surface area contributed by atoms with Gasteiger partial charge < -0.3 is 29.2 Å². The maximum absolute atomic E-state index is 10.9. The molecule has 0 aromatic carbocycles. The van der Waals surface area contributed by atoms with E-state index in [0.29, 0.717) is 0 Å². The fourth-order valence-electron chi connectivity index (χ4n) is 1.48. The number of ether oxygens (including phenoxy) is 4. The Bertz CT molecular complexity index is 608. The average molecular weight is 374 g/mol. The Morgan fingerprint density at radius 2 is 1.36 bits per heavy atom. The number of methoxy groups -OCH3 is 1. The van der Waals surface area contributed by atoms with E-state index in [9.17, 15) is 29.4 Å². The summed E-state index contributed by atoms with van der Waals surface area (Å²) in [6.45, 7) is 1.00. The molecule has 0 aromatic rings. The molecule has 25 heavy (non-hydrogen) atoms. The minimum Gasteiger partial charge on any atom is -0.872 e. The van der Waals surface area contributed by atoms with Crippen molar-refractivity contribution in [1.29, 1.82) is 0 Å². The van der Waals surface area contributed by atoms with E-state index >= 15 is 0 Å². The molecule has 126 valence electrons. The number of carbonyl (C=O) groups excluding carboxylic acids is 4. The van der Waals surface area contributed by atoms with Gasteiger partial charge in [0.1, 0.15) is 24.4 Å². The van der Waals surface area contributed by atoms with Crippen LogP contribution >= 0.6 is 0 Å². The molecule has 2 heterocycles. The van der Waals surface area contributed by atoms with Crippen LogP contribution in [-0.2, 0) is 38.1 Å². The second-order valence-corrected chi connectivity index (χ2v) is 3.96. The van der Waals surface area contributed by atoms with Gasteiger partial charge in [0.15, 0.2) is 0 Å². The van der Waals surface area contributed by atoms with Gasteiger partial charge in [-0.3, -0.25) is 0 Å². The van der Waals surface area contributed by atoms with Crippen LogP contribution in [-0.4, -0.2) is 50.8 Å². The first kappa shape index (κ1) is 26.2. The standard InChI is InChI=1S/C7H8O5.C6H6O5.2Na/c1-2-11-6(9)5-4(8)3-12-7(5)10;1-10-5(8)4-3(7)2-11-6(4)9;;/h8H,2-3H2,1H3;7H,2H2,1H3;;/q;;2*+1/p-2. The van der Waals surface area contributed by atoms with Crippen molar-refractivity contribution in [2.24, 2.45) is 0 Å². The smallest absolute Gasteiger partial charge is 0.872 e. The fraction of sp³-hybridized carbons (Fsp3) is 0.385. The molecule has 0 aliphatic carbocycles. The molecule has 0 spiro atoms. The van der Waals surface area contributed by atoms with Gasteiger partial charge >= 0.3 is 83.0 Å². The molecule has 2 rings (SSSR count). The summed E-state index contributed by atoms with van der Waals surface area (Å²) >= 11 is 0. The zero-order valence-electron chi connectivity index (χ0n) is 14.2. The Balaban J connectivity index is 0. The molecular weight excluding hydrogens is 362 g/mol. The van der Waals surface area contributed by atoms with Gasteiger partial charge in [-0.15, -0.1) is 0 Å². The molecule has 0 bridgehead atoms. The molecule has 10 nitrogen and oxygen atoms in total. The van der Waals surface area contributed by atoms with Crippen molar-refractivity contribution in [1.82, 2.24) is 0 Å². The fourth-order valence-corrected chi connectivity index (χ4v) is 1.48. The number of rotatable bonds is 3. The summed E-state index contributed by atoms with van der Waals surface area (Å²) in [6, 6.07) is 0. The summed E-state index contributed by atoms with van der Waals surface area (Å²) < 4.78 is 17.2. The number of hydrogen-bond acceptors (Lipinski definition) is 10. The molecule has 0 amide bonds. The Hall–Kier alpha value is -1.04. The summed E-state index contributed by atoms with van der Waals surface area (Å²) in [5.41, 5.74) is -1.02. The molecule has 0 atom stereocenters. The molecule has 2 aliphatic rings. The summed E-state index contributed by atoms with van der Waals surface area (Å²) in [5.74, 6) is -4.86.